The van der Waals surface area contributed by atoms with E-state index in [0.717, 1.165) is 25.7 Å². The van der Waals surface area contributed by atoms with Crippen LogP contribution in [-0.4, -0.2) is 39.9 Å². The van der Waals surface area contributed by atoms with Gasteiger partial charge in [0.15, 0.2) is 15.8 Å². The Bertz CT molecular complexity index is 671. The third-order valence-electron chi connectivity index (χ3n) is 3.54. The molecule has 1 unspecified atom stereocenters. The van der Waals surface area contributed by atoms with Gasteiger partial charge in [0.2, 0.25) is 0 Å². The maximum absolute atomic E-state index is 13.4. The fourth-order valence-electron chi connectivity index (χ4n) is 2.41. The summed E-state index contributed by atoms with van der Waals surface area (Å²) in [7, 11) is -3.21. The average Bonchev–Trinajstić information content (AvgIpc) is 2.97. The van der Waals surface area contributed by atoms with Crippen LogP contribution in [0.1, 0.15) is 24.0 Å². The molecule has 1 aromatic carbocycles. The first-order valence-corrected chi connectivity index (χ1v) is 9.50. The molecule has 128 valence electrons. The summed E-state index contributed by atoms with van der Waals surface area (Å²) in [6, 6.07) is 4.00. The average molecular weight is 343 g/mol. The van der Waals surface area contributed by atoms with E-state index in [9.17, 15) is 12.8 Å². The molecule has 1 fully saturated rings. The second-order valence-corrected chi connectivity index (χ2v) is 7.84. The third-order valence-corrected chi connectivity index (χ3v) is 4.38. The first-order chi connectivity index (χ1) is 10.8. The summed E-state index contributed by atoms with van der Waals surface area (Å²) in [4.78, 5) is 4.15. The van der Waals surface area contributed by atoms with Crippen LogP contribution in [0.4, 0.5) is 4.39 Å². The van der Waals surface area contributed by atoms with E-state index < -0.39 is 15.7 Å². The number of ether oxygens (including phenoxy) is 1. The second-order valence-electron chi connectivity index (χ2n) is 5.70. The smallest absolute Gasteiger partial charge is 0.189 e. The topological polar surface area (TPSA) is 93.8 Å². The molecule has 2 rings (SSSR count). The third kappa shape index (κ3) is 6.15. The van der Waals surface area contributed by atoms with Gasteiger partial charge in [-0.15, -0.1) is 0 Å². The number of nitrogens with two attached hydrogens (primary N) is 1. The van der Waals surface area contributed by atoms with Gasteiger partial charge in [0.05, 0.1) is 18.4 Å². The molecule has 1 aliphatic heterocycles. The van der Waals surface area contributed by atoms with Gasteiger partial charge in [-0.25, -0.2) is 17.8 Å². The predicted octanol–water partition coefficient (Wildman–Crippen LogP) is 0.954. The first kappa shape index (κ1) is 17.7. The van der Waals surface area contributed by atoms with Crippen molar-refractivity contribution in [2.24, 2.45) is 10.7 Å². The number of guanidine groups is 1. The van der Waals surface area contributed by atoms with Crippen LogP contribution < -0.4 is 11.1 Å². The molecule has 0 saturated carbocycles. The number of benzene rings is 1. The van der Waals surface area contributed by atoms with Crippen molar-refractivity contribution in [2.75, 3.05) is 19.4 Å². The molecule has 1 saturated heterocycles. The molecule has 0 aliphatic carbocycles. The Kier molecular flexibility index (Phi) is 5.95. The van der Waals surface area contributed by atoms with Crippen LogP contribution in [-0.2, 0) is 26.9 Å². The van der Waals surface area contributed by atoms with Crippen LogP contribution >= 0.6 is 0 Å². The summed E-state index contributed by atoms with van der Waals surface area (Å²) >= 11 is 0. The van der Waals surface area contributed by atoms with Gasteiger partial charge in [-0.3, -0.25) is 0 Å². The first-order valence-electron chi connectivity index (χ1n) is 7.44. The van der Waals surface area contributed by atoms with Crippen molar-refractivity contribution < 1.29 is 17.5 Å². The minimum atomic E-state index is -3.21. The number of nitrogens with zero attached hydrogens (tertiary/aromatic N) is 1. The standard InChI is InChI=1S/C15H22FN3O3S/c1-23(20,21)10-11-4-5-13(16)7-12(11)8-18-15(17)19-9-14-3-2-6-22-14/h4-5,7,14H,2-3,6,8-10H2,1H3,(H3,17,18,19). The maximum atomic E-state index is 13.4. The highest BCUT2D eigenvalue weighted by atomic mass is 32.2. The monoisotopic (exact) mass is 343 g/mol. The summed E-state index contributed by atoms with van der Waals surface area (Å²) in [5.74, 6) is -0.352. The van der Waals surface area contributed by atoms with Crippen molar-refractivity contribution in [3.8, 4) is 0 Å². The Balaban J connectivity index is 2.00. The van der Waals surface area contributed by atoms with Crippen LogP contribution in [0, 0.1) is 5.82 Å². The quantitative estimate of drug-likeness (QED) is 0.592. The van der Waals surface area contributed by atoms with E-state index in [1.165, 1.54) is 18.2 Å². The van der Waals surface area contributed by atoms with E-state index in [0.29, 0.717) is 17.7 Å². The van der Waals surface area contributed by atoms with Gasteiger partial charge in [-0.1, -0.05) is 6.07 Å². The minimum Gasteiger partial charge on any atom is -0.376 e. The molecule has 1 aromatic rings. The maximum Gasteiger partial charge on any atom is 0.189 e. The van der Waals surface area contributed by atoms with E-state index in [-0.39, 0.29) is 24.4 Å². The summed E-state index contributed by atoms with van der Waals surface area (Å²) in [6.07, 6.45) is 3.31. The van der Waals surface area contributed by atoms with Crippen LogP contribution in [0.5, 0.6) is 0 Å². The van der Waals surface area contributed by atoms with Crippen molar-refractivity contribution in [3.63, 3.8) is 0 Å². The number of rotatable bonds is 6. The molecule has 0 aromatic heterocycles. The largest absolute Gasteiger partial charge is 0.376 e. The second kappa shape index (κ2) is 7.74. The van der Waals surface area contributed by atoms with Gasteiger partial charge in [-0.2, -0.15) is 0 Å². The van der Waals surface area contributed by atoms with Gasteiger partial charge in [0.1, 0.15) is 5.82 Å². The fraction of sp³-hybridized carbons (Fsp3) is 0.533. The molecule has 0 amide bonds. The number of sulfone groups is 1. The lowest BCUT2D eigenvalue weighted by atomic mass is 10.1. The Morgan fingerprint density at radius 3 is 2.91 bits per heavy atom. The number of halogens is 1. The van der Waals surface area contributed by atoms with E-state index >= 15 is 0 Å². The van der Waals surface area contributed by atoms with E-state index in [2.05, 4.69) is 10.3 Å². The summed E-state index contributed by atoms with van der Waals surface area (Å²) in [5, 5.41) is 2.97. The van der Waals surface area contributed by atoms with Gasteiger partial charge in [-0.05, 0) is 36.1 Å². The molecule has 8 heteroatoms. The van der Waals surface area contributed by atoms with Gasteiger partial charge in [0.25, 0.3) is 0 Å². The lowest BCUT2D eigenvalue weighted by molar-refractivity contribution is 0.114. The van der Waals surface area contributed by atoms with Crippen molar-refractivity contribution in [2.45, 2.75) is 31.2 Å². The molecule has 1 aliphatic rings. The highest BCUT2D eigenvalue weighted by molar-refractivity contribution is 7.89. The Hall–Kier alpha value is -1.67. The zero-order valence-corrected chi connectivity index (χ0v) is 13.9. The molecular weight excluding hydrogens is 321 g/mol. The van der Waals surface area contributed by atoms with E-state index in [1.807, 2.05) is 0 Å². The lowest BCUT2D eigenvalue weighted by Gasteiger charge is -2.12. The number of hydrogen-bond acceptors (Lipinski definition) is 4. The molecule has 0 bridgehead atoms. The van der Waals surface area contributed by atoms with Crippen LogP contribution in [0.15, 0.2) is 23.2 Å². The summed E-state index contributed by atoms with van der Waals surface area (Å²) in [6.45, 7) is 1.46. The molecule has 23 heavy (non-hydrogen) atoms. The Morgan fingerprint density at radius 1 is 1.48 bits per heavy atom. The highest BCUT2D eigenvalue weighted by Gasteiger charge is 2.15. The summed E-state index contributed by atoms with van der Waals surface area (Å²) in [5.41, 5.74) is 6.83. The zero-order chi connectivity index (χ0) is 16.9. The predicted molar refractivity (Wildman–Crippen MR) is 87.3 cm³/mol. The van der Waals surface area contributed by atoms with Crippen molar-refractivity contribution in [3.05, 3.63) is 35.1 Å². The highest BCUT2D eigenvalue weighted by Crippen LogP contribution is 2.15. The number of nitrogens with one attached hydrogen (secondary N) is 1. The zero-order valence-electron chi connectivity index (χ0n) is 13.1. The molecule has 0 spiro atoms. The lowest BCUT2D eigenvalue weighted by Crippen LogP contribution is -2.37. The van der Waals surface area contributed by atoms with Crippen molar-refractivity contribution >= 4 is 15.8 Å². The molecule has 6 nitrogen and oxygen atoms in total. The minimum absolute atomic E-state index is 0.118. The van der Waals surface area contributed by atoms with Crippen molar-refractivity contribution in [1.82, 2.24) is 5.32 Å². The van der Waals surface area contributed by atoms with E-state index in [1.54, 1.807) is 0 Å². The fourth-order valence-corrected chi connectivity index (χ4v) is 3.26. The van der Waals surface area contributed by atoms with Gasteiger partial charge < -0.3 is 15.8 Å². The van der Waals surface area contributed by atoms with Gasteiger partial charge in [0, 0.05) is 19.4 Å². The van der Waals surface area contributed by atoms with Gasteiger partial charge >= 0.3 is 0 Å². The van der Waals surface area contributed by atoms with Crippen molar-refractivity contribution in [1.29, 1.82) is 0 Å². The molecule has 3 N–H and O–H groups in total. The Labute approximate surface area is 135 Å². The molecule has 0 radical (unpaired) electrons. The normalized spacial score (nSPS) is 19.0. The molecule has 1 heterocycles. The number of aliphatic imine (C=N–C) groups is 1. The SMILES string of the molecule is CS(=O)(=O)Cc1ccc(F)cc1CN=C(N)NCC1CCCO1. The number of hydrogen-bond donors (Lipinski definition) is 2. The van der Waals surface area contributed by atoms with Crippen LogP contribution in [0.3, 0.4) is 0 Å². The van der Waals surface area contributed by atoms with Crippen LogP contribution in [0.2, 0.25) is 0 Å². The summed E-state index contributed by atoms with van der Waals surface area (Å²) < 4.78 is 41.8. The molecular formula is C15H22FN3O3S. The molecule has 1 atom stereocenters. The van der Waals surface area contributed by atoms with E-state index in [4.69, 9.17) is 10.5 Å². The Morgan fingerprint density at radius 2 is 2.26 bits per heavy atom. The van der Waals surface area contributed by atoms with Crippen LogP contribution in [0.25, 0.3) is 0 Å².